The van der Waals surface area contributed by atoms with Crippen molar-refractivity contribution in [3.05, 3.63) is 33.8 Å². The van der Waals surface area contributed by atoms with Crippen molar-refractivity contribution in [1.29, 1.82) is 5.26 Å². The molecule has 2 saturated heterocycles. The van der Waals surface area contributed by atoms with Gasteiger partial charge in [0.15, 0.2) is 0 Å². The Kier molecular flexibility index (Phi) is 7.29. The maximum Gasteiger partial charge on any atom is 0.407 e. The fourth-order valence-electron chi connectivity index (χ4n) is 4.38. The fraction of sp³-hybridized carbons (Fsp3) is 0.524. The molecule has 1 N–H and O–H groups in total. The van der Waals surface area contributed by atoms with E-state index in [9.17, 15) is 19.5 Å². The van der Waals surface area contributed by atoms with Crippen LogP contribution in [0.2, 0.25) is 10.0 Å². The first-order chi connectivity index (χ1) is 14.7. The van der Waals surface area contributed by atoms with Gasteiger partial charge in [0.25, 0.3) is 0 Å². The van der Waals surface area contributed by atoms with E-state index < -0.39 is 12.1 Å². The predicted octanol–water partition coefficient (Wildman–Crippen LogP) is 3.05. The van der Waals surface area contributed by atoms with Crippen molar-refractivity contribution in [2.24, 2.45) is 5.92 Å². The summed E-state index contributed by atoms with van der Waals surface area (Å²) in [6, 6.07) is 6.67. The molecule has 0 radical (unpaired) electrons. The lowest BCUT2D eigenvalue weighted by Crippen LogP contribution is -2.45. The molecule has 2 heterocycles. The number of rotatable bonds is 4. The number of nitrogens with zero attached hydrogens (tertiary/aromatic N) is 4. The van der Waals surface area contributed by atoms with Gasteiger partial charge >= 0.3 is 6.09 Å². The van der Waals surface area contributed by atoms with E-state index >= 15 is 0 Å². The van der Waals surface area contributed by atoms with Gasteiger partial charge in [0.2, 0.25) is 11.8 Å². The minimum absolute atomic E-state index is 0.0290. The summed E-state index contributed by atoms with van der Waals surface area (Å²) in [7, 11) is 1.50. The van der Waals surface area contributed by atoms with Crippen molar-refractivity contribution in [2.75, 3.05) is 33.2 Å². The summed E-state index contributed by atoms with van der Waals surface area (Å²) in [5, 5.41) is 19.0. The van der Waals surface area contributed by atoms with Gasteiger partial charge < -0.3 is 19.8 Å². The van der Waals surface area contributed by atoms with E-state index in [1.165, 1.54) is 11.9 Å². The van der Waals surface area contributed by atoms with Crippen molar-refractivity contribution in [1.82, 2.24) is 14.7 Å². The number of hydrogen-bond acceptors (Lipinski definition) is 4. The van der Waals surface area contributed by atoms with E-state index in [2.05, 4.69) is 0 Å². The summed E-state index contributed by atoms with van der Waals surface area (Å²) in [6.07, 6.45) is -0.153. The number of likely N-dealkylation sites (N-methyl/N-ethyl adjacent to an activating group) is 1. The summed E-state index contributed by atoms with van der Waals surface area (Å²) in [6.45, 7) is 1.56. The largest absolute Gasteiger partial charge is 0.465 e. The third-order valence-electron chi connectivity index (χ3n) is 6.20. The van der Waals surface area contributed by atoms with Crippen molar-refractivity contribution in [3.63, 3.8) is 0 Å². The summed E-state index contributed by atoms with van der Waals surface area (Å²) in [5.74, 6) is -0.692. The number of carbonyl (C=O) groups is 3. The van der Waals surface area contributed by atoms with Gasteiger partial charge in [0, 0.05) is 45.1 Å². The number of nitriles is 1. The monoisotopic (exact) mass is 466 g/mol. The molecule has 2 aliphatic rings. The topological polar surface area (TPSA) is 105 Å². The molecule has 0 bridgehead atoms. The van der Waals surface area contributed by atoms with Crippen LogP contribution in [0.5, 0.6) is 0 Å². The lowest BCUT2D eigenvalue weighted by atomic mass is 9.93. The number of benzene rings is 1. The van der Waals surface area contributed by atoms with E-state index in [0.717, 1.165) is 5.56 Å². The molecule has 0 saturated carbocycles. The Bertz CT molecular complexity index is 911. The molecule has 0 aliphatic carbocycles. The highest BCUT2D eigenvalue weighted by Gasteiger charge is 2.42. The molecule has 166 valence electrons. The second-order valence-electron chi connectivity index (χ2n) is 7.97. The van der Waals surface area contributed by atoms with Crippen LogP contribution in [-0.4, -0.2) is 77.0 Å². The first kappa shape index (κ1) is 23.2. The molecule has 3 rings (SSSR count). The zero-order valence-electron chi connectivity index (χ0n) is 17.1. The van der Waals surface area contributed by atoms with E-state index in [1.807, 2.05) is 12.1 Å². The molecule has 1 aromatic rings. The van der Waals surface area contributed by atoms with Gasteiger partial charge in [-0.15, -0.1) is 0 Å². The Labute approximate surface area is 190 Å². The Morgan fingerprint density at radius 3 is 2.42 bits per heavy atom. The Hall–Kier alpha value is -2.50. The molecule has 1 aromatic carbocycles. The molecule has 3 amide bonds. The van der Waals surface area contributed by atoms with Gasteiger partial charge in [-0.2, -0.15) is 5.26 Å². The van der Waals surface area contributed by atoms with Crippen molar-refractivity contribution in [2.45, 2.75) is 31.2 Å². The summed E-state index contributed by atoms with van der Waals surface area (Å²) in [4.78, 5) is 41.3. The SMILES string of the molecule is CN(C(=O)O)[C@@H]1CN(C(=O)C2CCN(C(=O)CC#N)CC2)C[C@H]1c1ccc(Cl)c(Cl)c1. The van der Waals surface area contributed by atoms with E-state index in [0.29, 0.717) is 49.1 Å². The Morgan fingerprint density at radius 1 is 1.16 bits per heavy atom. The minimum atomic E-state index is -1.06. The molecule has 0 unspecified atom stereocenters. The molecule has 0 spiro atoms. The first-order valence-corrected chi connectivity index (χ1v) is 10.8. The second kappa shape index (κ2) is 9.75. The maximum absolute atomic E-state index is 13.2. The van der Waals surface area contributed by atoms with Crippen molar-refractivity contribution in [3.8, 4) is 6.07 Å². The molecule has 31 heavy (non-hydrogen) atoms. The summed E-state index contributed by atoms with van der Waals surface area (Å²) < 4.78 is 0. The third kappa shape index (κ3) is 5.05. The van der Waals surface area contributed by atoms with Gasteiger partial charge in [-0.3, -0.25) is 9.59 Å². The van der Waals surface area contributed by atoms with Gasteiger partial charge in [-0.25, -0.2) is 4.79 Å². The number of piperidine rings is 1. The van der Waals surface area contributed by atoms with Crippen LogP contribution in [0.15, 0.2) is 18.2 Å². The number of carboxylic acid groups (broad SMARTS) is 1. The average Bonchev–Trinajstić information content (AvgIpc) is 3.20. The standard InChI is InChI=1S/C21H24Cl2N4O4/c1-25(21(30)31)18-12-27(11-15(18)14-2-3-16(22)17(23)10-14)20(29)13-5-8-26(9-6-13)19(28)4-7-24/h2-3,10,13,15,18H,4-6,8-9,11-12H2,1H3,(H,30,31)/t15-,18+/m0/s1. The Balaban J connectivity index is 1.73. The summed E-state index contributed by atoms with van der Waals surface area (Å²) >= 11 is 12.2. The number of amides is 3. The normalized spacial score (nSPS) is 21.6. The van der Waals surface area contributed by atoms with E-state index in [4.69, 9.17) is 28.5 Å². The lowest BCUT2D eigenvalue weighted by molar-refractivity contribution is -0.139. The third-order valence-corrected chi connectivity index (χ3v) is 6.94. The van der Waals surface area contributed by atoms with Crippen molar-refractivity contribution >= 4 is 41.1 Å². The predicted molar refractivity (Wildman–Crippen MR) is 115 cm³/mol. The smallest absolute Gasteiger partial charge is 0.407 e. The summed E-state index contributed by atoms with van der Waals surface area (Å²) in [5.41, 5.74) is 0.833. The highest BCUT2D eigenvalue weighted by molar-refractivity contribution is 6.42. The number of halogens is 2. The van der Waals surface area contributed by atoms with E-state index in [1.54, 1.807) is 21.9 Å². The molecular formula is C21H24Cl2N4O4. The quantitative estimate of drug-likeness (QED) is 0.733. The van der Waals surface area contributed by atoms with Gasteiger partial charge in [0.05, 0.1) is 22.2 Å². The van der Waals surface area contributed by atoms with Crippen LogP contribution in [0.1, 0.15) is 30.7 Å². The highest BCUT2D eigenvalue weighted by atomic mass is 35.5. The molecule has 0 aromatic heterocycles. The zero-order valence-corrected chi connectivity index (χ0v) is 18.6. The molecule has 2 atom stereocenters. The number of carbonyl (C=O) groups excluding carboxylic acids is 2. The van der Waals surface area contributed by atoms with Crippen LogP contribution in [0, 0.1) is 17.2 Å². The van der Waals surface area contributed by atoms with Crippen LogP contribution >= 0.6 is 23.2 Å². The van der Waals surface area contributed by atoms with E-state index in [-0.39, 0.29) is 30.1 Å². The molecule has 10 heteroatoms. The highest BCUT2D eigenvalue weighted by Crippen LogP contribution is 2.35. The molecule has 2 fully saturated rings. The number of hydrogen-bond donors (Lipinski definition) is 1. The van der Waals surface area contributed by atoms with Crippen molar-refractivity contribution < 1.29 is 19.5 Å². The van der Waals surface area contributed by atoms with Gasteiger partial charge in [-0.1, -0.05) is 29.3 Å². The fourth-order valence-corrected chi connectivity index (χ4v) is 4.69. The maximum atomic E-state index is 13.2. The molecular weight excluding hydrogens is 443 g/mol. The second-order valence-corrected chi connectivity index (χ2v) is 8.79. The lowest BCUT2D eigenvalue weighted by Gasteiger charge is -2.33. The van der Waals surface area contributed by atoms with Crippen LogP contribution < -0.4 is 0 Å². The van der Waals surface area contributed by atoms with Crippen LogP contribution in [0.4, 0.5) is 4.79 Å². The van der Waals surface area contributed by atoms with Gasteiger partial charge in [0.1, 0.15) is 6.42 Å². The van der Waals surface area contributed by atoms with Crippen LogP contribution in [0.3, 0.4) is 0 Å². The molecule has 8 nitrogen and oxygen atoms in total. The van der Waals surface area contributed by atoms with Crippen LogP contribution in [0.25, 0.3) is 0 Å². The zero-order chi connectivity index (χ0) is 22.7. The Morgan fingerprint density at radius 2 is 1.84 bits per heavy atom. The van der Waals surface area contributed by atoms with Crippen LogP contribution in [-0.2, 0) is 9.59 Å². The minimum Gasteiger partial charge on any atom is -0.465 e. The molecule has 2 aliphatic heterocycles. The van der Waals surface area contributed by atoms with Gasteiger partial charge in [-0.05, 0) is 30.5 Å². The number of likely N-dealkylation sites (tertiary alicyclic amines) is 2. The average molecular weight is 467 g/mol. The first-order valence-electron chi connectivity index (χ1n) is 10.1.